The zero-order valence-electron chi connectivity index (χ0n) is 11.5. The highest BCUT2D eigenvalue weighted by molar-refractivity contribution is 5.74. The predicted octanol–water partition coefficient (Wildman–Crippen LogP) is 1.50. The zero-order chi connectivity index (χ0) is 14.1. The zero-order valence-corrected chi connectivity index (χ0v) is 11.5. The van der Waals surface area contributed by atoms with Crippen LogP contribution in [0.25, 0.3) is 0 Å². The van der Waals surface area contributed by atoms with Crippen LogP contribution in [0.15, 0.2) is 0 Å². The summed E-state index contributed by atoms with van der Waals surface area (Å²) in [4.78, 5) is 21.9. The largest absolute Gasteiger partial charge is 0.481 e. The van der Waals surface area contributed by atoms with Crippen LogP contribution < -0.4 is 10.6 Å². The summed E-state index contributed by atoms with van der Waals surface area (Å²) in [5, 5.41) is 14.0. The van der Waals surface area contributed by atoms with E-state index < -0.39 is 5.97 Å². The van der Waals surface area contributed by atoms with E-state index in [0.29, 0.717) is 13.0 Å². The Morgan fingerprint density at radius 1 is 1.42 bits per heavy atom. The topological polar surface area (TPSA) is 87.7 Å². The minimum Gasteiger partial charge on any atom is -0.481 e. The maximum atomic E-state index is 11.5. The van der Waals surface area contributed by atoms with Gasteiger partial charge in [0.15, 0.2) is 0 Å². The van der Waals surface area contributed by atoms with Gasteiger partial charge in [-0.2, -0.15) is 0 Å². The van der Waals surface area contributed by atoms with Gasteiger partial charge in [0, 0.05) is 25.6 Å². The first-order chi connectivity index (χ1) is 9.08. The second kappa shape index (κ2) is 8.74. The Balaban J connectivity index is 2.04. The maximum absolute atomic E-state index is 11.5. The van der Waals surface area contributed by atoms with E-state index in [0.717, 1.165) is 25.9 Å². The van der Waals surface area contributed by atoms with Crippen LogP contribution in [0.3, 0.4) is 0 Å². The SMILES string of the molecule is CC(CCC(=O)O)NC(=O)NCCC1CCCCO1. The van der Waals surface area contributed by atoms with Crippen LogP contribution in [0.5, 0.6) is 0 Å². The normalized spacial score (nSPS) is 20.6. The molecule has 0 aliphatic carbocycles. The lowest BCUT2D eigenvalue weighted by Gasteiger charge is -2.22. The van der Waals surface area contributed by atoms with Gasteiger partial charge in [-0.25, -0.2) is 4.79 Å². The maximum Gasteiger partial charge on any atom is 0.314 e. The van der Waals surface area contributed by atoms with E-state index in [1.54, 1.807) is 6.92 Å². The number of amides is 2. The molecule has 1 rings (SSSR count). The summed E-state index contributed by atoms with van der Waals surface area (Å²) in [6, 6.07) is -0.379. The summed E-state index contributed by atoms with van der Waals surface area (Å²) in [6.45, 7) is 3.21. The minimum atomic E-state index is -0.844. The van der Waals surface area contributed by atoms with Gasteiger partial charge in [-0.15, -0.1) is 0 Å². The number of carbonyl (C=O) groups is 2. The molecule has 0 saturated carbocycles. The van der Waals surface area contributed by atoms with E-state index in [1.807, 2.05) is 0 Å². The predicted molar refractivity (Wildman–Crippen MR) is 71.1 cm³/mol. The summed E-state index contributed by atoms with van der Waals surface area (Å²) in [5.74, 6) is -0.844. The van der Waals surface area contributed by atoms with Crippen LogP contribution in [0.2, 0.25) is 0 Å². The lowest BCUT2D eigenvalue weighted by Crippen LogP contribution is -2.42. The highest BCUT2D eigenvalue weighted by Gasteiger charge is 2.14. The number of urea groups is 1. The van der Waals surface area contributed by atoms with Crippen molar-refractivity contribution in [3.8, 4) is 0 Å². The van der Waals surface area contributed by atoms with Crippen molar-refractivity contribution < 1.29 is 19.4 Å². The number of hydrogen-bond donors (Lipinski definition) is 3. The van der Waals surface area contributed by atoms with Gasteiger partial charge in [-0.3, -0.25) is 4.79 Å². The number of carboxylic acids is 1. The van der Waals surface area contributed by atoms with Crippen LogP contribution in [0.4, 0.5) is 4.79 Å². The number of aliphatic carboxylic acids is 1. The molecule has 6 heteroatoms. The molecule has 0 radical (unpaired) electrons. The Bertz CT molecular complexity index is 290. The fourth-order valence-electron chi connectivity index (χ4n) is 2.07. The molecule has 1 aliphatic heterocycles. The minimum absolute atomic E-state index is 0.0668. The second-order valence-electron chi connectivity index (χ2n) is 5.01. The number of nitrogens with one attached hydrogen (secondary N) is 2. The standard InChI is InChI=1S/C13H24N2O4/c1-10(5-6-12(16)17)15-13(18)14-8-7-11-4-2-3-9-19-11/h10-11H,2-9H2,1H3,(H,16,17)(H2,14,15,18). The molecule has 3 N–H and O–H groups in total. The van der Waals surface area contributed by atoms with Crippen molar-refractivity contribution in [3.05, 3.63) is 0 Å². The van der Waals surface area contributed by atoms with Crippen molar-refractivity contribution in [2.24, 2.45) is 0 Å². The quantitative estimate of drug-likeness (QED) is 0.655. The fraction of sp³-hybridized carbons (Fsp3) is 0.846. The van der Waals surface area contributed by atoms with Gasteiger partial charge in [0.05, 0.1) is 6.10 Å². The summed E-state index contributed by atoms with van der Waals surface area (Å²) in [6.07, 6.45) is 4.99. The van der Waals surface area contributed by atoms with E-state index in [9.17, 15) is 9.59 Å². The van der Waals surface area contributed by atoms with Crippen LogP contribution in [-0.4, -0.2) is 42.4 Å². The van der Waals surface area contributed by atoms with Gasteiger partial charge in [0.25, 0.3) is 0 Å². The summed E-state index contributed by atoms with van der Waals surface area (Å²) in [5.41, 5.74) is 0. The molecule has 1 aliphatic rings. The third-order valence-electron chi connectivity index (χ3n) is 3.19. The van der Waals surface area contributed by atoms with E-state index in [2.05, 4.69) is 10.6 Å². The monoisotopic (exact) mass is 272 g/mol. The summed E-state index contributed by atoms with van der Waals surface area (Å²) in [7, 11) is 0. The van der Waals surface area contributed by atoms with Gasteiger partial charge in [0.2, 0.25) is 0 Å². The number of carbonyl (C=O) groups excluding carboxylic acids is 1. The molecule has 0 bridgehead atoms. The molecule has 2 atom stereocenters. The van der Waals surface area contributed by atoms with E-state index >= 15 is 0 Å². The van der Waals surface area contributed by atoms with Crippen LogP contribution in [0.1, 0.15) is 45.4 Å². The number of hydrogen-bond acceptors (Lipinski definition) is 3. The van der Waals surface area contributed by atoms with Crippen molar-refractivity contribution in [2.45, 2.75) is 57.6 Å². The number of rotatable bonds is 7. The molecule has 1 fully saturated rings. The van der Waals surface area contributed by atoms with Crippen LogP contribution >= 0.6 is 0 Å². The first-order valence-electron chi connectivity index (χ1n) is 6.95. The van der Waals surface area contributed by atoms with Crippen molar-refractivity contribution >= 4 is 12.0 Å². The second-order valence-corrected chi connectivity index (χ2v) is 5.01. The molecule has 2 unspecified atom stereocenters. The van der Waals surface area contributed by atoms with E-state index in [-0.39, 0.29) is 24.6 Å². The average molecular weight is 272 g/mol. The lowest BCUT2D eigenvalue weighted by atomic mass is 10.1. The van der Waals surface area contributed by atoms with Gasteiger partial charge >= 0.3 is 12.0 Å². The highest BCUT2D eigenvalue weighted by Crippen LogP contribution is 2.14. The van der Waals surface area contributed by atoms with Crippen molar-refractivity contribution in [3.63, 3.8) is 0 Å². The van der Waals surface area contributed by atoms with Gasteiger partial charge in [-0.1, -0.05) is 0 Å². The molecule has 0 aromatic heterocycles. The first-order valence-corrected chi connectivity index (χ1v) is 6.95. The van der Waals surface area contributed by atoms with Crippen molar-refractivity contribution in [1.29, 1.82) is 0 Å². The highest BCUT2D eigenvalue weighted by atomic mass is 16.5. The van der Waals surface area contributed by atoms with Crippen LogP contribution in [0, 0.1) is 0 Å². The van der Waals surface area contributed by atoms with Gasteiger partial charge in [0.1, 0.15) is 0 Å². The Labute approximate surface area is 113 Å². The molecule has 0 aromatic carbocycles. The molecule has 110 valence electrons. The first kappa shape index (κ1) is 15.8. The molecular weight excluding hydrogens is 248 g/mol. The fourth-order valence-corrected chi connectivity index (χ4v) is 2.07. The lowest BCUT2D eigenvalue weighted by molar-refractivity contribution is -0.137. The molecule has 0 aromatic rings. The smallest absolute Gasteiger partial charge is 0.314 e. The van der Waals surface area contributed by atoms with Crippen LogP contribution in [-0.2, 0) is 9.53 Å². The Morgan fingerprint density at radius 2 is 2.21 bits per heavy atom. The van der Waals surface area contributed by atoms with Gasteiger partial charge < -0.3 is 20.5 Å². The Kier molecular flexibility index (Phi) is 7.25. The molecule has 2 amide bonds. The summed E-state index contributed by atoms with van der Waals surface area (Å²) >= 11 is 0. The third-order valence-corrected chi connectivity index (χ3v) is 3.19. The van der Waals surface area contributed by atoms with Gasteiger partial charge in [-0.05, 0) is 39.0 Å². The van der Waals surface area contributed by atoms with E-state index in [4.69, 9.17) is 9.84 Å². The number of carboxylic acid groups (broad SMARTS) is 1. The molecule has 0 spiro atoms. The molecule has 19 heavy (non-hydrogen) atoms. The van der Waals surface area contributed by atoms with E-state index in [1.165, 1.54) is 6.42 Å². The molecule has 6 nitrogen and oxygen atoms in total. The average Bonchev–Trinajstić information content (AvgIpc) is 2.37. The Hall–Kier alpha value is -1.30. The number of ether oxygens (including phenoxy) is 1. The third kappa shape index (κ3) is 7.66. The van der Waals surface area contributed by atoms with Crippen molar-refractivity contribution in [2.75, 3.05) is 13.2 Å². The van der Waals surface area contributed by atoms with Crippen molar-refractivity contribution in [1.82, 2.24) is 10.6 Å². The molecular formula is C13H24N2O4. The molecule has 1 heterocycles. The molecule has 1 saturated heterocycles. The Morgan fingerprint density at radius 3 is 2.84 bits per heavy atom. The summed E-state index contributed by atoms with van der Waals surface area (Å²) < 4.78 is 5.57.